The second-order valence-corrected chi connectivity index (χ2v) is 4.19. The van der Waals surface area contributed by atoms with E-state index in [2.05, 4.69) is 0 Å². The molecule has 0 bridgehead atoms. The van der Waals surface area contributed by atoms with Crippen molar-refractivity contribution in [3.8, 4) is 0 Å². The largest absolute Gasteiger partial charge is 0.372 e. The van der Waals surface area contributed by atoms with Crippen LogP contribution in [0.15, 0.2) is 24.3 Å². The maximum absolute atomic E-state index is 13.6. The van der Waals surface area contributed by atoms with Crippen molar-refractivity contribution in [1.29, 1.82) is 0 Å². The van der Waals surface area contributed by atoms with Crippen molar-refractivity contribution in [3.05, 3.63) is 35.6 Å². The number of aliphatic hydroxyl groups is 1. The van der Waals surface area contributed by atoms with Gasteiger partial charge >= 0.3 is 0 Å². The van der Waals surface area contributed by atoms with E-state index in [1.807, 2.05) is 4.90 Å². The summed E-state index contributed by atoms with van der Waals surface area (Å²) in [6.07, 6.45) is 2.15. The number of benzene rings is 1. The highest BCUT2D eigenvalue weighted by Crippen LogP contribution is 2.30. The highest BCUT2D eigenvalue weighted by atomic mass is 19.1. The Bertz CT molecular complexity index is 345. The Morgan fingerprint density at radius 2 is 1.87 bits per heavy atom. The Balaban J connectivity index is 2.31. The van der Waals surface area contributed by atoms with E-state index in [1.165, 1.54) is 6.07 Å². The average Bonchev–Trinajstić information content (AvgIpc) is 2.71. The van der Waals surface area contributed by atoms with Gasteiger partial charge in [0.05, 0.1) is 0 Å². The standard InChI is InChI=1S/C12H16FNO/c1-12(15,14-8-4-5-9-14)10-6-2-3-7-11(10)13/h2-3,6-7,15H,4-5,8-9H2,1H3/t12-/m0/s1. The molecule has 1 fully saturated rings. The van der Waals surface area contributed by atoms with Crippen molar-refractivity contribution in [1.82, 2.24) is 4.90 Å². The summed E-state index contributed by atoms with van der Waals surface area (Å²) in [6.45, 7) is 3.33. The summed E-state index contributed by atoms with van der Waals surface area (Å²) in [5.74, 6) is -0.339. The van der Waals surface area contributed by atoms with Gasteiger partial charge < -0.3 is 5.11 Å². The van der Waals surface area contributed by atoms with Crippen molar-refractivity contribution >= 4 is 0 Å². The van der Waals surface area contributed by atoms with E-state index in [0.717, 1.165) is 25.9 Å². The van der Waals surface area contributed by atoms with Gasteiger partial charge in [0.25, 0.3) is 0 Å². The molecule has 0 amide bonds. The monoisotopic (exact) mass is 209 g/mol. The molecular weight excluding hydrogens is 193 g/mol. The third-order valence-electron chi connectivity index (χ3n) is 3.11. The fourth-order valence-corrected chi connectivity index (χ4v) is 2.17. The molecule has 1 atom stereocenters. The molecule has 0 unspecified atom stereocenters. The third-order valence-corrected chi connectivity index (χ3v) is 3.11. The fraction of sp³-hybridized carbons (Fsp3) is 0.500. The van der Waals surface area contributed by atoms with Gasteiger partial charge in [0, 0.05) is 18.7 Å². The van der Waals surface area contributed by atoms with Gasteiger partial charge in [-0.25, -0.2) is 4.39 Å². The predicted octanol–water partition coefficient (Wildman–Crippen LogP) is 2.09. The Morgan fingerprint density at radius 1 is 1.27 bits per heavy atom. The highest BCUT2D eigenvalue weighted by Gasteiger charge is 2.34. The first-order valence-electron chi connectivity index (χ1n) is 5.35. The average molecular weight is 209 g/mol. The maximum Gasteiger partial charge on any atom is 0.144 e. The van der Waals surface area contributed by atoms with Gasteiger partial charge in [0.2, 0.25) is 0 Å². The Kier molecular flexibility index (Phi) is 2.76. The minimum atomic E-state index is -1.18. The van der Waals surface area contributed by atoms with Crippen LogP contribution >= 0.6 is 0 Å². The minimum Gasteiger partial charge on any atom is -0.372 e. The van der Waals surface area contributed by atoms with Crippen molar-refractivity contribution in [2.24, 2.45) is 0 Å². The van der Waals surface area contributed by atoms with Gasteiger partial charge in [-0.2, -0.15) is 0 Å². The first-order chi connectivity index (χ1) is 7.12. The number of halogens is 1. The molecule has 1 aliphatic rings. The lowest BCUT2D eigenvalue weighted by Crippen LogP contribution is -2.42. The van der Waals surface area contributed by atoms with Gasteiger partial charge in [-0.1, -0.05) is 18.2 Å². The number of hydrogen-bond acceptors (Lipinski definition) is 2. The van der Waals surface area contributed by atoms with Crippen LogP contribution in [0.4, 0.5) is 4.39 Å². The lowest BCUT2D eigenvalue weighted by Gasteiger charge is -2.34. The molecule has 1 saturated heterocycles. The molecule has 82 valence electrons. The van der Waals surface area contributed by atoms with Gasteiger partial charge in [0.15, 0.2) is 0 Å². The zero-order chi connectivity index (χ0) is 10.9. The summed E-state index contributed by atoms with van der Waals surface area (Å²) in [5.41, 5.74) is -0.811. The number of hydrogen-bond donors (Lipinski definition) is 1. The lowest BCUT2D eigenvalue weighted by atomic mass is 10.0. The third kappa shape index (κ3) is 1.90. The van der Waals surface area contributed by atoms with Crippen LogP contribution in [0.25, 0.3) is 0 Å². The van der Waals surface area contributed by atoms with Crippen molar-refractivity contribution in [2.45, 2.75) is 25.5 Å². The van der Waals surface area contributed by atoms with Crippen LogP contribution in [0.3, 0.4) is 0 Å². The van der Waals surface area contributed by atoms with Crippen LogP contribution in [0.1, 0.15) is 25.3 Å². The second kappa shape index (κ2) is 3.91. The van der Waals surface area contributed by atoms with Crippen molar-refractivity contribution in [3.63, 3.8) is 0 Å². The molecule has 2 rings (SSSR count). The minimum absolute atomic E-state index is 0.339. The highest BCUT2D eigenvalue weighted by molar-refractivity contribution is 5.23. The zero-order valence-corrected chi connectivity index (χ0v) is 8.91. The van der Waals surface area contributed by atoms with E-state index in [9.17, 15) is 9.50 Å². The molecule has 1 aromatic carbocycles. The maximum atomic E-state index is 13.6. The molecule has 0 spiro atoms. The molecule has 3 heteroatoms. The number of rotatable bonds is 2. The summed E-state index contributed by atoms with van der Waals surface area (Å²) in [5, 5.41) is 10.4. The molecule has 1 aliphatic heterocycles. The van der Waals surface area contributed by atoms with E-state index in [-0.39, 0.29) is 5.82 Å². The van der Waals surface area contributed by atoms with Gasteiger partial charge in [-0.05, 0) is 25.8 Å². The van der Waals surface area contributed by atoms with Crippen molar-refractivity contribution in [2.75, 3.05) is 13.1 Å². The summed E-state index contributed by atoms with van der Waals surface area (Å²) in [4.78, 5) is 1.92. The summed E-state index contributed by atoms with van der Waals surface area (Å²) in [6, 6.07) is 6.43. The SMILES string of the molecule is C[C@](O)(c1ccccc1F)N1CCCC1. The van der Waals surface area contributed by atoms with Crippen LogP contribution in [0.2, 0.25) is 0 Å². The first kappa shape index (κ1) is 10.6. The summed E-state index contributed by atoms with van der Waals surface area (Å²) < 4.78 is 13.6. The van der Waals surface area contributed by atoms with E-state index >= 15 is 0 Å². The Hall–Kier alpha value is -0.930. The Labute approximate surface area is 89.3 Å². The molecule has 1 N–H and O–H groups in total. The first-order valence-corrected chi connectivity index (χ1v) is 5.35. The molecular formula is C12H16FNO. The number of likely N-dealkylation sites (tertiary alicyclic amines) is 1. The molecule has 0 radical (unpaired) electrons. The molecule has 0 aromatic heterocycles. The quantitative estimate of drug-likeness (QED) is 0.806. The predicted molar refractivity (Wildman–Crippen MR) is 56.8 cm³/mol. The van der Waals surface area contributed by atoms with Gasteiger partial charge in [-0.3, -0.25) is 4.90 Å². The molecule has 0 aliphatic carbocycles. The van der Waals surface area contributed by atoms with E-state index in [1.54, 1.807) is 25.1 Å². The van der Waals surface area contributed by atoms with E-state index < -0.39 is 5.72 Å². The van der Waals surface area contributed by atoms with Gasteiger partial charge in [-0.15, -0.1) is 0 Å². The normalized spacial score (nSPS) is 21.5. The molecule has 0 saturated carbocycles. The number of nitrogens with zero attached hydrogens (tertiary/aromatic N) is 1. The van der Waals surface area contributed by atoms with Crippen LogP contribution < -0.4 is 0 Å². The second-order valence-electron chi connectivity index (χ2n) is 4.19. The lowest BCUT2D eigenvalue weighted by molar-refractivity contribution is -0.0906. The topological polar surface area (TPSA) is 23.5 Å². The van der Waals surface area contributed by atoms with Crippen LogP contribution in [0, 0.1) is 5.82 Å². The van der Waals surface area contributed by atoms with Gasteiger partial charge in [0.1, 0.15) is 11.5 Å². The van der Waals surface area contributed by atoms with E-state index in [4.69, 9.17) is 0 Å². The fourth-order valence-electron chi connectivity index (χ4n) is 2.17. The molecule has 1 aromatic rings. The smallest absolute Gasteiger partial charge is 0.144 e. The molecule has 1 heterocycles. The van der Waals surface area contributed by atoms with E-state index in [0.29, 0.717) is 5.56 Å². The zero-order valence-electron chi connectivity index (χ0n) is 8.91. The Morgan fingerprint density at radius 3 is 2.47 bits per heavy atom. The summed E-state index contributed by atoms with van der Waals surface area (Å²) in [7, 11) is 0. The summed E-state index contributed by atoms with van der Waals surface area (Å²) >= 11 is 0. The molecule has 15 heavy (non-hydrogen) atoms. The van der Waals surface area contributed by atoms with Crippen LogP contribution in [-0.2, 0) is 5.72 Å². The van der Waals surface area contributed by atoms with Crippen molar-refractivity contribution < 1.29 is 9.50 Å². The van der Waals surface area contributed by atoms with Crippen LogP contribution in [0.5, 0.6) is 0 Å². The van der Waals surface area contributed by atoms with Crippen LogP contribution in [-0.4, -0.2) is 23.1 Å². The molecule has 2 nitrogen and oxygen atoms in total.